The van der Waals surface area contributed by atoms with Gasteiger partial charge in [-0.25, -0.2) is 0 Å². The minimum atomic E-state index is -1.14. The Morgan fingerprint density at radius 3 is 2.52 bits per heavy atom. The van der Waals surface area contributed by atoms with Gasteiger partial charge in [0.1, 0.15) is 5.78 Å². The van der Waals surface area contributed by atoms with Gasteiger partial charge in [0.25, 0.3) is 0 Å². The van der Waals surface area contributed by atoms with Crippen molar-refractivity contribution in [3.63, 3.8) is 0 Å². The van der Waals surface area contributed by atoms with Gasteiger partial charge in [0.05, 0.1) is 17.8 Å². The number of rotatable bonds is 1. The zero-order chi connectivity index (χ0) is 18.2. The van der Waals surface area contributed by atoms with Gasteiger partial charge in [0.15, 0.2) is 0 Å². The Labute approximate surface area is 151 Å². The zero-order valence-electron chi connectivity index (χ0n) is 15.9. The molecule has 4 rings (SSSR count). The molecule has 0 aromatic rings. The van der Waals surface area contributed by atoms with Crippen molar-refractivity contribution in [3.05, 3.63) is 0 Å². The molecule has 0 aromatic carbocycles. The van der Waals surface area contributed by atoms with Crippen molar-refractivity contribution in [1.29, 1.82) is 0 Å². The summed E-state index contributed by atoms with van der Waals surface area (Å²) in [7, 11) is 0. The average molecular weight is 350 g/mol. The van der Waals surface area contributed by atoms with Gasteiger partial charge in [-0.05, 0) is 75.0 Å². The van der Waals surface area contributed by atoms with E-state index in [-0.39, 0.29) is 17.4 Å². The summed E-state index contributed by atoms with van der Waals surface area (Å²) in [5.41, 5.74) is -1.64. The Hall–Kier alpha value is -0.450. The van der Waals surface area contributed by atoms with Crippen LogP contribution in [0.25, 0.3) is 0 Å². The second kappa shape index (κ2) is 5.53. The number of carbonyl (C=O) groups excluding carboxylic acids is 1. The highest BCUT2D eigenvalue weighted by Gasteiger charge is 2.68. The summed E-state index contributed by atoms with van der Waals surface area (Å²) in [5, 5.41) is 31.6. The standard InChI is InChI=1S/C21H34O4/c1-12(22)21(25)9-7-16-15-5-4-13-10-14(23)6-8-19(13,2)18(15)17(24)11-20(16,21)3/h12-16,18,22-23,25H,4-11H2,1-3H3/t12-,13-,14-,15+,16+,18-,19+,20+,21-/m1/s1. The van der Waals surface area contributed by atoms with Crippen molar-refractivity contribution >= 4 is 5.78 Å². The summed E-state index contributed by atoms with van der Waals surface area (Å²) >= 11 is 0. The molecular formula is C21H34O4. The van der Waals surface area contributed by atoms with Gasteiger partial charge < -0.3 is 15.3 Å². The fourth-order valence-corrected chi connectivity index (χ4v) is 7.77. The first kappa shape index (κ1) is 17.9. The first-order chi connectivity index (χ1) is 11.6. The number of aliphatic hydroxyl groups excluding tert-OH is 2. The molecule has 0 aliphatic heterocycles. The van der Waals surface area contributed by atoms with E-state index in [0.29, 0.717) is 36.4 Å². The van der Waals surface area contributed by atoms with E-state index >= 15 is 0 Å². The van der Waals surface area contributed by atoms with Gasteiger partial charge in [0.2, 0.25) is 0 Å². The first-order valence-corrected chi connectivity index (χ1v) is 10.2. The average Bonchev–Trinajstić information content (AvgIpc) is 2.80. The Balaban J connectivity index is 1.70. The van der Waals surface area contributed by atoms with Gasteiger partial charge in [-0.2, -0.15) is 0 Å². The van der Waals surface area contributed by atoms with E-state index in [4.69, 9.17) is 0 Å². The van der Waals surface area contributed by atoms with Crippen molar-refractivity contribution in [1.82, 2.24) is 0 Å². The first-order valence-electron chi connectivity index (χ1n) is 10.2. The van der Waals surface area contributed by atoms with Crippen LogP contribution < -0.4 is 0 Å². The van der Waals surface area contributed by atoms with Crippen LogP contribution in [-0.4, -0.2) is 38.9 Å². The lowest BCUT2D eigenvalue weighted by Gasteiger charge is -2.60. The predicted octanol–water partition coefficient (Wildman–Crippen LogP) is 2.68. The van der Waals surface area contributed by atoms with Crippen molar-refractivity contribution in [3.8, 4) is 0 Å². The second-order valence-corrected chi connectivity index (χ2v) is 10.2. The fourth-order valence-electron chi connectivity index (χ4n) is 7.77. The zero-order valence-corrected chi connectivity index (χ0v) is 15.9. The van der Waals surface area contributed by atoms with Crippen molar-refractivity contribution < 1.29 is 20.1 Å². The van der Waals surface area contributed by atoms with Crippen LogP contribution in [0, 0.1) is 34.5 Å². The number of hydrogen-bond acceptors (Lipinski definition) is 4. The third-order valence-electron chi connectivity index (χ3n) is 9.23. The number of ketones is 1. The Kier molecular flexibility index (Phi) is 3.97. The van der Waals surface area contributed by atoms with E-state index in [1.807, 2.05) is 6.92 Å². The van der Waals surface area contributed by atoms with E-state index in [2.05, 4.69) is 6.92 Å². The Morgan fingerprint density at radius 1 is 1.12 bits per heavy atom. The normalized spacial score (nSPS) is 56.7. The number of hydrogen-bond donors (Lipinski definition) is 3. The smallest absolute Gasteiger partial charge is 0.137 e. The monoisotopic (exact) mass is 350 g/mol. The van der Waals surface area contributed by atoms with E-state index in [1.54, 1.807) is 6.92 Å². The SMILES string of the molecule is C[C@@H](O)[C@]1(O)CC[C@H]2[C@@H]3CC[C@@H]4C[C@H](O)CC[C@]4(C)[C@H]3C(=O)C[C@@]21C. The highest BCUT2D eigenvalue weighted by atomic mass is 16.3. The van der Waals surface area contributed by atoms with Gasteiger partial charge in [-0.15, -0.1) is 0 Å². The molecule has 0 bridgehead atoms. The molecule has 0 spiro atoms. The molecule has 142 valence electrons. The molecule has 0 radical (unpaired) electrons. The number of aliphatic hydroxyl groups is 3. The molecule has 0 amide bonds. The second-order valence-electron chi connectivity index (χ2n) is 10.2. The van der Waals surface area contributed by atoms with E-state index in [9.17, 15) is 20.1 Å². The number of fused-ring (bicyclic) bond motifs is 5. The van der Waals surface area contributed by atoms with Crippen LogP contribution in [0.1, 0.15) is 72.1 Å². The topological polar surface area (TPSA) is 77.8 Å². The summed E-state index contributed by atoms with van der Waals surface area (Å²) in [6.45, 7) is 6.01. The lowest BCUT2D eigenvalue weighted by Crippen LogP contribution is -2.62. The minimum absolute atomic E-state index is 0.00605. The highest BCUT2D eigenvalue weighted by Crippen LogP contribution is 2.67. The number of Topliss-reactive ketones (excluding diaryl/α,β-unsaturated/α-hetero) is 1. The largest absolute Gasteiger partial charge is 0.393 e. The highest BCUT2D eigenvalue weighted by molar-refractivity contribution is 5.84. The molecule has 25 heavy (non-hydrogen) atoms. The molecule has 4 heteroatoms. The van der Waals surface area contributed by atoms with E-state index in [1.165, 1.54) is 0 Å². The summed E-state index contributed by atoms with van der Waals surface area (Å²) in [4.78, 5) is 13.4. The summed E-state index contributed by atoms with van der Waals surface area (Å²) in [5.74, 6) is 1.47. The maximum absolute atomic E-state index is 13.4. The Morgan fingerprint density at radius 2 is 1.84 bits per heavy atom. The van der Waals surface area contributed by atoms with Gasteiger partial charge in [-0.1, -0.05) is 13.8 Å². The van der Waals surface area contributed by atoms with Crippen molar-refractivity contribution in [2.45, 2.75) is 89.9 Å². The third-order valence-corrected chi connectivity index (χ3v) is 9.23. The maximum atomic E-state index is 13.4. The molecular weight excluding hydrogens is 316 g/mol. The molecule has 4 aliphatic carbocycles. The molecule has 0 aromatic heterocycles. The molecule has 4 aliphatic rings. The van der Waals surface area contributed by atoms with Crippen LogP contribution in [-0.2, 0) is 4.79 Å². The summed E-state index contributed by atoms with van der Waals surface area (Å²) in [6, 6.07) is 0. The Bertz CT molecular complexity index is 574. The van der Waals surface area contributed by atoms with Crippen LogP contribution >= 0.6 is 0 Å². The lowest BCUT2D eigenvalue weighted by atomic mass is 9.44. The van der Waals surface area contributed by atoms with Crippen LogP contribution in [0.3, 0.4) is 0 Å². The van der Waals surface area contributed by atoms with Crippen LogP contribution in [0.2, 0.25) is 0 Å². The summed E-state index contributed by atoms with van der Waals surface area (Å²) < 4.78 is 0. The van der Waals surface area contributed by atoms with Gasteiger partial charge in [0, 0.05) is 17.8 Å². The summed E-state index contributed by atoms with van der Waals surface area (Å²) in [6.07, 6.45) is 5.60. The van der Waals surface area contributed by atoms with E-state index in [0.717, 1.165) is 38.5 Å². The van der Waals surface area contributed by atoms with Gasteiger partial charge in [-0.3, -0.25) is 4.79 Å². The third kappa shape index (κ3) is 2.20. The van der Waals surface area contributed by atoms with E-state index < -0.39 is 17.1 Å². The van der Waals surface area contributed by atoms with Crippen LogP contribution in [0.4, 0.5) is 0 Å². The molecule has 4 nitrogen and oxygen atoms in total. The number of carbonyl (C=O) groups is 1. The predicted molar refractivity (Wildman–Crippen MR) is 94.8 cm³/mol. The fraction of sp³-hybridized carbons (Fsp3) is 0.952. The molecule has 9 atom stereocenters. The molecule has 0 heterocycles. The van der Waals surface area contributed by atoms with Crippen molar-refractivity contribution in [2.75, 3.05) is 0 Å². The van der Waals surface area contributed by atoms with Crippen molar-refractivity contribution in [2.24, 2.45) is 34.5 Å². The lowest BCUT2D eigenvalue weighted by molar-refractivity contribution is -0.190. The maximum Gasteiger partial charge on any atom is 0.137 e. The van der Waals surface area contributed by atoms with Gasteiger partial charge >= 0.3 is 0 Å². The van der Waals surface area contributed by atoms with Crippen LogP contribution in [0.15, 0.2) is 0 Å². The quantitative estimate of drug-likeness (QED) is 0.679. The molecule has 0 saturated heterocycles. The molecule has 4 saturated carbocycles. The molecule has 4 fully saturated rings. The van der Waals surface area contributed by atoms with Crippen LogP contribution in [0.5, 0.6) is 0 Å². The molecule has 3 N–H and O–H groups in total. The minimum Gasteiger partial charge on any atom is -0.393 e. The molecule has 0 unspecified atom stereocenters.